The Hall–Kier alpha value is -0.450. The van der Waals surface area contributed by atoms with Gasteiger partial charge in [0.2, 0.25) is 0 Å². The van der Waals surface area contributed by atoms with E-state index in [0.29, 0.717) is 6.61 Å². The van der Waals surface area contributed by atoms with Crippen LogP contribution < -0.4 is 5.73 Å². The van der Waals surface area contributed by atoms with Gasteiger partial charge in [-0.15, -0.1) is 0 Å². The summed E-state index contributed by atoms with van der Waals surface area (Å²) in [4.78, 5) is 11.0. The summed E-state index contributed by atoms with van der Waals surface area (Å²) < 4.78 is 9.58. The largest absolute Gasteiger partial charge is 0.383 e. The highest BCUT2D eigenvalue weighted by Gasteiger charge is 2.11. The van der Waals surface area contributed by atoms with Crippen LogP contribution in [-0.4, -0.2) is 38.8 Å². The molecule has 0 aliphatic rings. The number of ether oxygens (including phenoxy) is 2. The fourth-order valence-corrected chi connectivity index (χ4v) is 0.582. The molecule has 0 aromatic rings. The number of hydrogen-bond acceptors (Lipinski definition) is 4. The van der Waals surface area contributed by atoms with Gasteiger partial charge in [-0.2, -0.15) is 0 Å². The van der Waals surface area contributed by atoms with Crippen LogP contribution in [0.15, 0.2) is 0 Å². The predicted molar refractivity (Wildman–Crippen MR) is 41.4 cm³/mol. The first-order valence-corrected chi connectivity index (χ1v) is 3.57. The van der Waals surface area contributed by atoms with E-state index in [0.717, 1.165) is 0 Å². The topological polar surface area (TPSA) is 61.5 Å². The summed E-state index contributed by atoms with van der Waals surface area (Å²) in [6.45, 7) is 2.70. The van der Waals surface area contributed by atoms with E-state index < -0.39 is 6.04 Å². The molecule has 0 amide bonds. The Kier molecular flexibility index (Phi) is 6.02. The Morgan fingerprint density at radius 1 is 1.64 bits per heavy atom. The average molecular weight is 161 g/mol. The van der Waals surface area contributed by atoms with Gasteiger partial charge in [0.1, 0.15) is 6.61 Å². The van der Waals surface area contributed by atoms with Crippen LogP contribution in [0.4, 0.5) is 0 Å². The van der Waals surface area contributed by atoms with Crippen molar-refractivity contribution in [2.24, 2.45) is 5.73 Å². The average Bonchev–Trinajstić information content (AvgIpc) is 2.00. The maximum absolute atomic E-state index is 11.0. The first kappa shape index (κ1) is 10.6. The summed E-state index contributed by atoms with van der Waals surface area (Å²) >= 11 is 0. The standard InChI is InChI=1S/C7H15NO3/c1-3-11-5-7(9)6(8)4-10-2/h6H,3-5,8H2,1-2H3. The minimum atomic E-state index is -0.549. The van der Waals surface area contributed by atoms with Crippen LogP contribution in [-0.2, 0) is 14.3 Å². The molecule has 0 aliphatic carbocycles. The Morgan fingerprint density at radius 3 is 2.73 bits per heavy atom. The van der Waals surface area contributed by atoms with Crippen molar-refractivity contribution in [3.8, 4) is 0 Å². The summed E-state index contributed by atoms with van der Waals surface area (Å²) in [5, 5.41) is 0. The molecular weight excluding hydrogens is 146 g/mol. The number of rotatable bonds is 6. The van der Waals surface area contributed by atoms with Gasteiger partial charge in [-0.25, -0.2) is 0 Å². The smallest absolute Gasteiger partial charge is 0.177 e. The molecule has 1 unspecified atom stereocenters. The zero-order valence-electron chi connectivity index (χ0n) is 7.00. The summed E-state index contributed by atoms with van der Waals surface area (Å²) in [6, 6.07) is -0.549. The van der Waals surface area contributed by atoms with Gasteiger partial charge in [-0.3, -0.25) is 4.79 Å². The first-order valence-electron chi connectivity index (χ1n) is 3.57. The van der Waals surface area contributed by atoms with E-state index in [4.69, 9.17) is 15.2 Å². The Labute approximate surface area is 66.7 Å². The van der Waals surface area contributed by atoms with Crippen LogP contribution in [0, 0.1) is 0 Å². The van der Waals surface area contributed by atoms with Crippen molar-refractivity contribution in [2.75, 3.05) is 26.9 Å². The van der Waals surface area contributed by atoms with Crippen LogP contribution in [0.1, 0.15) is 6.92 Å². The fraction of sp³-hybridized carbons (Fsp3) is 0.857. The number of Topliss-reactive ketones (excluding diaryl/α,β-unsaturated/α-hetero) is 1. The molecule has 2 N–H and O–H groups in total. The van der Waals surface area contributed by atoms with Gasteiger partial charge in [-0.1, -0.05) is 0 Å². The highest BCUT2D eigenvalue weighted by Crippen LogP contribution is 1.85. The molecule has 0 heterocycles. The molecule has 4 heteroatoms. The molecule has 0 saturated carbocycles. The zero-order valence-corrected chi connectivity index (χ0v) is 7.00. The molecule has 0 aromatic heterocycles. The number of hydrogen-bond donors (Lipinski definition) is 1. The number of nitrogens with two attached hydrogens (primary N) is 1. The number of carbonyl (C=O) groups is 1. The Bertz CT molecular complexity index is 116. The maximum Gasteiger partial charge on any atom is 0.177 e. The minimum Gasteiger partial charge on any atom is -0.383 e. The SMILES string of the molecule is CCOCC(=O)C(N)COC. The molecule has 0 spiro atoms. The van der Waals surface area contributed by atoms with E-state index in [9.17, 15) is 4.79 Å². The van der Waals surface area contributed by atoms with Crippen molar-refractivity contribution < 1.29 is 14.3 Å². The molecular formula is C7H15NO3. The van der Waals surface area contributed by atoms with E-state index in [1.807, 2.05) is 6.92 Å². The molecule has 0 aromatic carbocycles. The third-order valence-corrected chi connectivity index (χ3v) is 1.21. The van der Waals surface area contributed by atoms with E-state index in [-0.39, 0.29) is 19.0 Å². The van der Waals surface area contributed by atoms with Gasteiger partial charge < -0.3 is 15.2 Å². The Morgan fingerprint density at radius 2 is 2.27 bits per heavy atom. The highest BCUT2D eigenvalue weighted by atomic mass is 16.5. The lowest BCUT2D eigenvalue weighted by atomic mass is 10.2. The fourth-order valence-electron chi connectivity index (χ4n) is 0.582. The van der Waals surface area contributed by atoms with Crippen LogP contribution in [0.5, 0.6) is 0 Å². The second-order valence-electron chi connectivity index (χ2n) is 2.17. The monoisotopic (exact) mass is 161 g/mol. The lowest BCUT2D eigenvalue weighted by molar-refractivity contribution is -0.125. The third kappa shape index (κ3) is 4.89. The van der Waals surface area contributed by atoms with Crippen LogP contribution >= 0.6 is 0 Å². The van der Waals surface area contributed by atoms with Gasteiger partial charge in [0.15, 0.2) is 5.78 Å². The van der Waals surface area contributed by atoms with Crippen molar-refractivity contribution in [3.63, 3.8) is 0 Å². The molecule has 0 fully saturated rings. The van der Waals surface area contributed by atoms with E-state index in [2.05, 4.69) is 0 Å². The highest BCUT2D eigenvalue weighted by molar-refractivity contribution is 5.85. The van der Waals surface area contributed by atoms with E-state index in [1.54, 1.807) is 0 Å². The summed E-state index contributed by atoms with van der Waals surface area (Å²) in [7, 11) is 1.51. The summed E-state index contributed by atoms with van der Waals surface area (Å²) in [6.07, 6.45) is 0. The van der Waals surface area contributed by atoms with Crippen molar-refractivity contribution in [1.29, 1.82) is 0 Å². The van der Waals surface area contributed by atoms with Crippen molar-refractivity contribution in [1.82, 2.24) is 0 Å². The third-order valence-electron chi connectivity index (χ3n) is 1.21. The lowest BCUT2D eigenvalue weighted by Gasteiger charge is -2.08. The van der Waals surface area contributed by atoms with Gasteiger partial charge in [0.25, 0.3) is 0 Å². The molecule has 0 rings (SSSR count). The van der Waals surface area contributed by atoms with E-state index in [1.165, 1.54) is 7.11 Å². The van der Waals surface area contributed by atoms with Gasteiger partial charge >= 0.3 is 0 Å². The molecule has 0 saturated heterocycles. The first-order chi connectivity index (χ1) is 5.22. The van der Waals surface area contributed by atoms with Crippen molar-refractivity contribution in [2.45, 2.75) is 13.0 Å². The molecule has 11 heavy (non-hydrogen) atoms. The van der Waals surface area contributed by atoms with Gasteiger partial charge in [-0.05, 0) is 6.92 Å². The number of carbonyl (C=O) groups excluding carboxylic acids is 1. The van der Waals surface area contributed by atoms with Crippen molar-refractivity contribution >= 4 is 5.78 Å². The van der Waals surface area contributed by atoms with Crippen LogP contribution in [0.2, 0.25) is 0 Å². The quantitative estimate of drug-likeness (QED) is 0.574. The normalized spacial score (nSPS) is 13.0. The van der Waals surface area contributed by atoms with Gasteiger partial charge in [0.05, 0.1) is 12.6 Å². The Balaban J connectivity index is 3.47. The number of ketones is 1. The second-order valence-corrected chi connectivity index (χ2v) is 2.17. The molecule has 1 atom stereocenters. The molecule has 0 radical (unpaired) electrons. The van der Waals surface area contributed by atoms with Gasteiger partial charge in [0, 0.05) is 13.7 Å². The lowest BCUT2D eigenvalue weighted by Crippen LogP contribution is -2.37. The second kappa shape index (κ2) is 6.27. The minimum absolute atomic E-state index is 0.0844. The van der Waals surface area contributed by atoms with Crippen LogP contribution in [0.25, 0.3) is 0 Å². The summed E-state index contributed by atoms with van der Waals surface area (Å²) in [5.41, 5.74) is 5.41. The maximum atomic E-state index is 11.0. The molecule has 4 nitrogen and oxygen atoms in total. The van der Waals surface area contributed by atoms with Crippen LogP contribution in [0.3, 0.4) is 0 Å². The summed E-state index contributed by atoms with van der Waals surface area (Å²) in [5.74, 6) is -0.117. The van der Waals surface area contributed by atoms with Crippen molar-refractivity contribution in [3.05, 3.63) is 0 Å². The van der Waals surface area contributed by atoms with E-state index >= 15 is 0 Å². The number of methoxy groups -OCH3 is 1. The predicted octanol–water partition coefficient (Wildman–Crippen LogP) is -0.434. The zero-order chi connectivity index (χ0) is 8.69. The molecule has 0 aliphatic heterocycles. The molecule has 66 valence electrons. The molecule has 0 bridgehead atoms.